The first-order valence-corrected chi connectivity index (χ1v) is 8.86. The van der Waals surface area contributed by atoms with Gasteiger partial charge in [-0.3, -0.25) is 19.3 Å². The molecular weight excluding hydrogens is 352 g/mol. The molecule has 3 heterocycles. The third-order valence-electron chi connectivity index (χ3n) is 5.05. The van der Waals surface area contributed by atoms with E-state index in [1.165, 1.54) is 17.1 Å². The highest BCUT2D eigenvalue weighted by Crippen LogP contribution is 2.48. The molecule has 10 nitrogen and oxygen atoms in total. The van der Waals surface area contributed by atoms with Crippen molar-refractivity contribution in [2.45, 2.75) is 38.4 Å². The van der Waals surface area contributed by atoms with Gasteiger partial charge >= 0.3 is 6.09 Å². The molecule has 1 aliphatic carbocycles. The summed E-state index contributed by atoms with van der Waals surface area (Å²) in [7, 11) is 0. The molecule has 3 atom stereocenters. The number of carbonyl (C=O) groups excluding carboxylic acids is 3. The van der Waals surface area contributed by atoms with E-state index < -0.39 is 12.1 Å². The summed E-state index contributed by atoms with van der Waals surface area (Å²) in [6, 6.07) is 1.31. The van der Waals surface area contributed by atoms with E-state index in [0.29, 0.717) is 29.8 Å². The first-order valence-electron chi connectivity index (χ1n) is 8.86. The number of amides is 3. The monoisotopic (exact) mass is 372 g/mol. The second-order valence-corrected chi connectivity index (χ2v) is 6.79. The first kappa shape index (κ1) is 17.3. The van der Waals surface area contributed by atoms with Crippen molar-refractivity contribution in [2.24, 2.45) is 11.7 Å². The van der Waals surface area contributed by atoms with Gasteiger partial charge in [-0.2, -0.15) is 0 Å². The van der Waals surface area contributed by atoms with Crippen molar-refractivity contribution >= 4 is 28.8 Å². The molecule has 1 saturated carbocycles. The molecule has 3 N–H and O–H groups in total. The minimum Gasteiger partial charge on any atom is -0.389 e. The molecule has 0 spiro atoms. The zero-order valence-corrected chi connectivity index (χ0v) is 14.8. The fraction of sp³-hybridized carbons (Fsp3) is 0.471. The maximum absolute atomic E-state index is 13.0. The van der Waals surface area contributed by atoms with E-state index in [4.69, 9.17) is 10.5 Å². The topological polar surface area (TPSA) is 132 Å². The first-order chi connectivity index (χ1) is 13.0. The van der Waals surface area contributed by atoms with Gasteiger partial charge in [0.05, 0.1) is 17.1 Å². The lowest BCUT2D eigenvalue weighted by Crippen LogP contribution is -2.48. The molecule has 3 amide bonds. The van der Waals surface area contributed by atoms with Crippen LogP contribution >= 0.6 is 0 Å². The van der Waals surface area contributed by atoms with Crippen molar-refractivity contribution in [3.63, 3.8) is 0 Å². The number of ether oxygens (including phenoxy) is 1. The maximum atomic E-state index is 13.0. The van der Waals surface area contributed by atoms with E-state index in [-0.39, 0.29) is 30.3 Å². The Morgan fingerprint density at radius 3 is 2.93 bits per heavy atom. The van der Waals surface area contributed by atoms with E-state index in [1.54, 1.807) is 11.0 Å². The Kier molecular flexibility index (Phi) is 4.17. The van der Waals surface area contributed by atoms with Gasteiger partial charge in [0.25, 0.3) is 5.88 Å². The van der Waals surface area contributed by atoms with Crippen molar-refractivity contribution in [1.82, 2.24) is 25.0 Å². The summed E-state index contributed by atoms with van der Waals surface area (Å²) in [5.74, 6) is 0.1000. The number of nitrogens with one attached hydrogen (secondary N) is 1. The van der Waals surface area contributed by atoms with Crippen LogP contribution in [0.1, 0.15) is 19.8 Å². The van der Waals surface area contributed by atoms with Crippen LogP contribution in [0.5, 0.6) is 5.88 Å². The molecule has 2 aromatic rings. The number of fused-ring (bicyclic) bond motifs is 2. The van der Waals surface area contributed by atoms with E-state index in [9.17, 15) is 14.4 Å². The smallest absolute Gasteiger partial charge is 0.389 e. The van der Waals surface area contributed by atoms with Gasteiger partial charge in [-0.25, -0.2) is 4.79 Å². The van der Waals surface area contributed by atoms with Crippen LogP contribution in [0.2, 0.25) is 0 Å². The fourth-order valence-corrected chi connectivity index (χ4v) is 3.83. The number of carbonyl (C=O) groups is 3. The second-order valence-electron chi connectivity index (χ2n) is 6.79. The van der Waals surface area contributed by atoms with Gasteiger partial charge in [-0.05, 0) is 31.7 Å². The summed E-state index contributed by atoms with van der Waals surface area (Å²) in [5.41, 5.74) is 5.63. The Labute approximate surface area is 154 Å². The van der Waals surface area contributed by atoms with E-state index in [1.807, 2.05) is 6.92 Å². The van der Waals surface area contributed by atoms with Crippen molar-refractivity contribution in [1.29, 1.82) is 0 Å². The SMILES string of the molecule is CCNC(=O)[C@@H]1C[C@H]2C[C@H]2N1C(=O)Cn1nc(OC(N)=O)c2ccncc21. The van der Waals surface area contributed by atoms with Gasteiger partial charge in [-0.15, -0.1) is 5.10 Å². The lowest BCUT2D eigenvalue weighted by molar-refractivity contribution is -0.140. The lowest BCUT2D eigenvalue weighted by atomic mass is 10.1. The molecular formula is C17H20N6O4. The van der Waals surface area contributed by atoms with Crippen LogP contribution in [-0.2, 0) is 16.1 Å². The molecule has 2 aromatic heterocycles. The second kappa shape index (κ2) is 6.53. The molecule has 2 fully saturated rings. The number of likely N-dealkylation sites (tertiary alicyclic amines) is 1. The highest BCUT2D eigenvalue weighted by molar-refractivity contribution is 5.91. The highest BCUT2D eigenvalue weighted by atomic mass is 16.6. The average Bonchev–Trinajstić information content (AvgIpc) is 3.16. The Hall–Kier alpha value is -3.17. The number of nitrogens with two attached hydrogens (primary N) is 1. The third-order valence-corrected chi connectivity index (χ3v) is 5.05. The Balaban J connectivity index is 1.59. The van der Waals surface area contributed by atoms with Gasteiger partial charge in [0.15, 0.2) is 0 Å². The largest absolute Gasteiger partial charge is 0.411 e. The standard InChI is InChI=1S/C17H20N6O4/c1-2-20-15(25)12-6-9-5-11(9)23(12)14(24)8-22-13-7-19-4-3-10(13)16(21-22)27-17(18)26/h3-4,7,9,11-12H,2,5-6,8H2,1H3,(H2,18,26)(H,20,25)/t9-,11-,12+/m1/s1. The van der Waals surface area contributed by atoms with Crippen molar-refractivity contribution in [3.8, 4) is 5.88 Å². The maximum Gasteiger partial charge on any atom is 0.411 e. The van der Waals surface area contributed by atoms with Crippen LogP contribution < -0.4 is 15.8 Å². The summed E-state index contributed by atoms with van der Waals surface area (Å²) in [6.07, 6.45) is 3.71. The minimum atomic E-state index is -0.985. The molecule has 27 heavy (non-hydrogen) atoms. The molecule has 10 heteroatoms. The molecule has 1 aliphatic heterocycles. The average molecular weight is 372 g/mol. The fourth-order valence-electron chi connectivity index (χ4n) is 3.83. The van der Waals surface area contributed by atoms with Crippen LogP contribution in [-0.4, -0.2) is 56.2 Å². The normalized spacial score (nSPS) is 23.1. The number of pyridine rings is 1. The molecule has 0 unspecified atom stereocenters. The number of primary amides is 1. The van der Waals surface area contributed by atoms with E-state index in [0.717, 1.165) is 6.42 Å². The number of likely N-dealkylation sites (N-methyl/N-ethyl adjacent to an activating group) is 1. The molecule has 1 saturated heterocycles. The van der Waals surface area contributed by atoms with Crippen LogP contribution in [0, 0.1) is 5.92 Å². The molecule has 0 aromatic carbocycles. The zero-order chi connectivity index (χ0) is 19.1. The van der Waals surface area contributed by atoms with Gasteiger partial charge in [-0.1, -0.05) is 0 Å². The molecule has 2 aliphatic rings. The lowest BCUT2D eigenvalue weighted by Gasteiger charge is -2.26. The summed E-state index contributed by atoms with van der Waals surface area (Å²) in [4.78, 5) is 42.1. The van der Waals surface area contributed by atoms with Gasteiger partial charge in [0, 0.05) is 18.8 Å². The van der Waals surface area contributed by atoms with Gasteiger partial charge < -0.3 is 20.7 Å². The number of hydrogen-bond acceptors (Lipinski definition) is 6. The zero-order valence-electron chi connectivity index (χ0n) is 14.8. The number of aromatic nitrogens is 3. The summed E-state index contributed by atoms with van der Waals surface area (Å²) >= 11 is 0. The van der Waals surface area contributed by atoms with Crippen molar-refractivity contribution in [2.75, 3.05) is 6.54 Å². The number of hydrogen-bond donors (Lipinski definition) is 2. The van der Waals surface area contributed by atoms with Crippen LogP contribution in [0.15, 0.2) is 18.5 Å². The Morgan fingerprint density at radius 1 is 1.37 bits per heavy atom. The van der Waals surface area contributed by atoms with Gasteiger partial charge in [0.1, 0.15) is 12.6 Å². The summed E-state index contributed by atoms with van der Waals surface area (Å²) < 4.78 is 6.35. The summed E-state index contributed by atoms with van der Waals surface area (Å²) in [6.45, 7) is 2.29. The Morgan fingerprint density at radius 2 is 2.19 bits per heavy atom. The van der Waals surface area contributed by atoms with Crippen LogP contribution in [0.4, 0.5) is 4.79 Å². The van der Waals surface area contributed by atoms with Gasteiger partial charge in [0.2, 0.25) is 11.8 Å². The molecule has 0 radical (unpaired) electrons. The molecule has 142 valence electrons. The number of nitrogens with zero attached hydrogens (tertiary/aromatic N) is 4. The highest BCUT2D eigenvalue weighted by Gasteiger charge is 2.55. The third kappa shape index (κ3) is 3.07. The molecule has 0 bridgehead atoms. The summed E-state index contributed by atoms with van der Waals surface area (Å²) in [5, 5.41) is 7.52. The predicted octanol–water partition coefficient (Wildman–Crippen LogP) is 0.0143. The molecule has 4 rings (SSSR count). The van der Waals surface area contributed by atoms with E-state index >= 15 is 0 Å². The van der Waals surface area contributed by atoms with Crippen LogP contribution in [0.25, 0.3) is 10.9 Å². The Bertz CT molecular complexity index is 925. The van der Waals surface area contributed by atoms with E-state index in [2.05, 4.69) is 15.4 Å². The quantitative estimate of drug-likeness (QED) is 0.760. The number of piperidine rings is 1. The minimum absolute atomic E-state index is 0.0266. The van der Waals surface area contributed by atoms with Crippen molar-refractivity contribution in [3.05, 3.63) is 18.5 Å². The number of rotatable bonds is 5. The van der Waals surface area contributed by atoms with Crippen molar-refractivity contribution < 1.29 is 19.1 Å². The van der Waals surface area contributed by atoms with Crippen LogP contribution in [0.3, 0.4) is 0 Å². The predicted molar refractivity (Wildman–Crippen MR) is 93.6 cm³/mol.